The molecule has 2 rings (SSSR count). The minimum Gasteiger partial charge on any atom is -0.397 e. The highest BCUT2D eigenvalue weighted by Crippen LogP contribution is 2.25. The van der Waals surface area contributed by atoms with Gasteiger partial charge in [0.1, 0.15) is 11.4 Å². The van der Waals surface area contributed by atoms with Crippen LogP contribution < -0.4 is 11.5 Å². The van der Waals surface area contributed by atoms with Crippen LogP contribution in [0.2, 0.25) is 0 Å². The van der Waals surface area contributed by atoms with Gasteiger partial charge in [0.2, 0.25) is 0 Å². The molecule has 4 N–H and O–H groups in total. The molecule has 6 nitrogen and oxygen atoms in total. The molecule has 6 heteroatoms. The minimum absolute atomic E-state index is 0.456. The predicted octanol–water partition coefficient (Wildman–Crippen LogP) is 0.0415. The van der Waals surface area contributed by atoms with Crippen molar-refractivity contribution in [3.63, 3.8) is 0 Å². The molecule has 0 radical (unpaired) electrons. The number of hydrogen-bond donors (Lipinski definition) is 2. The van der Waals surface area contributed by atoms with Crippen molar-refractivity contribution in [1.29, 1.82) is 0 Å². The molecule has 0 saturated heterocycles. The predicted molar refractivity (Wildman–Crippen MR) is 53.1 cm³/mol. The second-order valence-electron chi connectivity index (χ2n) is 2.91. The van der Waals surface area contributed by atoms with Gasteiger partial charge in [-0.1, -0.05) is 5.21 Å². The van der Waals surface area contributed by atoms with Gasteiger partial charge in [-0.25, -0.2) is 4.68 Å². The second-order valence-corrected chi connectivity index (χ2v) is 2.91. The third-order valence-electron chi connectivity index (χ3n) is 1.98. The Hall–Kier alpha value is -2.11. The van der Waals surface area contributed by atoms with E-state index < -0.39 is 0 Å². The molecule has 0 spiro atoms. The maximum Gasteiger partial charge on any atom is 0.115 e. The van der Waals surface area contributed by atoms with Crippen LogP contribution in [0.3, 0.4) is 0 Å². The summed E-state index contributed by atoms with van der Waals surface area (Å²) < 4.78 is 1.60. The van der Waals surface area contributed by atoms with Gasteiger partial charge < -0.3 is 11.5 Å². The summed E-state index contributed by atoms with van der Waals surface area (Å²) in [6.07, 6.45) is 3.20. The maximum atomic E-state index is 5.79. The van der Waals surface area contributed by atoms with Crippen molar-refractivity contribution >= 4 is 11.4 Å². The van der Waals surface area contributed by atoms with E-state index in [0.29, 0.717) is 17.1 Å². The van der Waals surface area contributed by atoms with Crippen LogP contribution in [0.1, 0.15) is 0 Å². The van der Waals surface area contributed by atoms with E-state index in [-0.39, 0.29) is 0 Å². The van der Waals surface area contributed by atoms with Gasteiger partial charge >= 0.3 is 0 Å². The number of nitrogen functional groups attached to an aromatic ring is 2. The van der Waals surface area contributed by atoms with Crippen LogP contribution in [0.25, 0.3) is 11.4 Å². The molecule has 0 unspecified atom stereocenters. The molecule has 72 valence electrons. The third kappa shape index (κ3) is 1.17. The van der Waals surface area contributed by atoms with Crippen LogP contribution in [-0.2, 0) is 7.05 Å². The standard InChI is InChI=1S/C8H10N6/c1-14-6(4-12-13-14)8-7(10)5(9)2-3-11-8/h2-4H,10H2,1H3,(H2,9,11). The normalized spacial score (nSPS) is 10.4. The number of nitrogens with zero attached hydrogens (tertiary/aromatic N) is 4. The second kappa shape index (κ2) is 2.99. The van der Waals surface area contributed by atoms with Crippen molar-refractivity contribution in [3.05, 3.63) is 18.5 Å². The fraction of sp³-hybridized carbons (Fsp3) is 0.125. The highest BCUT2D eigenvalue weighted by atomic mass is 15.4. The van der Waals surface area contributed by atoms with E-state index in [1.165, 1.54) is 0 Å². The van der Waals surface area contributed by atoms with Crippen LogP contribution >= 0.6 is 0 Å². The lowest BCUT2D eigenvalue weighted by atomic mass is 10.2. The van der Waals surface area contributed by atoms with Crippen molar-refractivity contribution < 1.29 is 0 Å². The van der Waals surface area contributed by atoms with E-state index in [4.69, 9.17) is 11.5 Å². The number of aromatic nitrogens is 4. The molecule has 0 atom stereocenters. The van der Waals surface area contributed by atoms with Gasteiger partial charge in [-0.15, -0.1) is 5.10 Å². The Morgan fingerprint density at radius 2 is 2.14 bits per heavy atom. The van der Waals surface area contributed by atoms with Crippen molar-refractivity contribution in [1.82, 2.24) is 20.0 Å². The first-order valence-electron chi connectivity index (χ1n) is 4.05. The average molecular weight is 190 g/mol. The van der Waals surface area contributed by atoms with Gasteiger partial charge in [-0.3, -0.25) is 4.98 Å². The monoisotopic (exact) mass is 190 g/mol. The van der Waals surface area contributed by atoms with E-state index in [9.17, 15) is 0 Å². The van der Waals surface area contributed by atoms with Crippen molar-refractivity contribution in [2.75, 3.05) is 11.5 Å². The first-order valence-corrected chi connectivity index (χ1v) is 4.05. The van der Waals surface area contributed by atoms with Crippen LogP contribution in [0.15, 0.2) is 18.5 Å². The van der Waals surface area contributed by atoms with Crippen LogP contribution in [-0.4, -0.2) is 20.0 Å². The van der Waals surface area contributed by atoms with Crippen molar-refractivity contribution in [2.45, 2.75) is 0 Å². The van der Waals surface area contributed by atoms with Gasteiger partial charge in [0, 0.05) is 13.2 Å². The number of hydrogen-bond acceptors (Lipinski definition) is 5. The molecule has 0 amide bonds. The smallest absolute Gasteiger partial charge is 0.115 e. The fourth-order valence-electron chi connectivity index (χ4n) is 1.20. The molecule has 0 aliphatic carbocycles. The molecule has 14 heavy (non-hydrogen) atoms. The Balaban J connectivity index is 2.63. The zero-order chi connectivity index (χ0) is 10.1. The number of aryl methyl sites for hydroxylation is 1. The van der Waals surface area contributed by atoms with Crippen molar-refractivity contribution in [3.8, 4) is 11.4 Å². The van der Waals surface area contributed by atoms with Crippen LogP contribution in [0.5, 0.6) is 0 Å². The van der Waals surface area contributed by atoms with E-state index in [1.807, 2.05) is 0 Å². The number of nitrogens with two attached hydrogens (primary N) is 2. The summed E-state index contributed by atoms with van der Waals surface area (Å²) in [7, 11) is 1.77. The topological polar surface area (TPSA) is 95.6 Å². The van der Waals surface area contributed by atoms with Gasteiger partial charge in [0.15, 0.2) is 0 Å². The molecule has 2 heterocycles. The fourth-order valence-corrected chi connectivity index (χ4v) is 1.20. The summed E-state index contributed by atoms with van der Waals surface area (Å²) in [5.74, 6) is 0. The Labute approximate surface area is 80.5 Å². The molecule has 0 fully saturated rings. The summed E-state index contributed by atoms with van der Waals surface area (Å²) in [6, 6.07) is 1.66. The third-order valence-corrected chi connectivity index (χ3v) is 1.98. The summed E-state index contributed by atoms with van der Waals surface area (Å²) in [6.45, 7) is 0. The Kier molecular flexibility index (Phi) is 1.81. The van der Waals surface area contributed by atoms with Gasteiger partial charge in [0.05, 0.1) is 17.6 Å². The van der Waals surface area contributed by atoms with Crippen molar-refractivity contribution in [2.24, 2.45) is 7.05 Å². The molecule has 0 aliphatic heterocycles. The van der Waals surface area contributed by atoms with E-state index in [1.54, 1.807) is 30.2 Å². The lowest BCUT2D eigenvalue weighted by molar-refractivity contribution is 0.719. The average Bonchev–Trinajstić information content (AvgIpc) is 2.57. The largest absolute Gasteiger partial charge is 0.397 e. The molecule has 0 bridgehead atoms. The zero-order valence-corrected chi connectivity index (χ0v) is 7.68. The Morgan fingerprint density at radius 3 is 2.79 bits per heavy atom. The van der Waals surface area contributed by atoms with Gasteiger partial charge in [-0.05, 0) is 6.07 Å². The van der Waals surface area contributed by atoms with Crippen LogP contribution in [0, 0.1) is 0 Å². The van der Waals surface area contributed by atoms with E-state index in [0.717, 1.165) is 5.69 Å². The molecule has 0 aromatic carbocycles. The first kappa shape index (κ1) is 8.49. The molecule has 2 aromatic heterocycles. The number of rotatable bonds is 1. The summed E-state index contributed by atoms with van der Waals surface area (Å²) in [5.41, 5.74) is 13.8. The minimum atomic E-state index is 0.456. The Bertz CT molecular complexity index is 461. The van der Waals surface area contributed by atoms with Gasteiger partial charge in [0.25, 0.3) is 0 Å². The lowest BCUT2D eigenvalue weighted by Gasteiger charge is -2.05. The molecule has 0 aliphatic rings. The molecule has 2 aromatic rings. The molecule has 0 saturated carbocycles. The highest BCUT2D eigenvalue weighted by molar-refractivity contribution is 5.79. The number of anilines is 2. The molecular formula is C8H10N6. The summed E-state index contributed by atoms with van der Waals surface area (Å²) >= 11 is 0. The molecular weight excluding hydrogens is 180 g/mol. The highest BCUT2D eigenvalue weighted by Gasteiger charge is 2.10. The first-order chi connectivity index (χ1) is 6.70. The maximum absolute atomic E-state index is 5.79. The van der Waals surface area contributed by atoms with Crippen LogP contribution in [0.4, 0.5) is 11.4 Å². The SMILES string of the molecule is Cn1nncc1-c1nccc(N)c1N. The van der Waals surface area contributed by atoms with E-state index >= 15 is 0 Å². The quantitative estimate of drug-likeness (QED) is 0.662. The zero-order valence-electron chi connectivity index (χ0n) is 7.68. The lowest BCUT2D eigenvalue weighted by Crippen LogP contribution is -2.02. The number of pyridine rings is 1. The van der Waals surface area contributed by atoms with Gasteiger partial charge in [-0.2, -0.15) is 0 Å². The summed E-state index contributed by atoms with van der Waals surface area (Å²) in [5, 5.41) is 7.54. The Morgan fingerprint density at radius 1 is 1.36 bits per heavy atom. The van der Waals surface area contributed by atoms with E-state index in [2.05, 4.69) is 15.3 Å². The summed E-state index contributed by atoms with van der Waals surface area (Å²) in [4.78, 5) is 4.14.